The third kappa shape index (κ3) is 12.5. The molecule has 0 saturated heterocycles. The van der Waals surface area contributed by atoms with Crippen LogP contribution in [0.5, 0.6) is 0 Å². The van der Waals surface area contributed by atoms with Gasteiger partial charge in [0.1, 0.15) is 18.9 Å². The number of amides is 5. The van der Waals surface area contributed by atoms with Crippen LogP contribution in [0, 0.1) is 11.8 Å². The molecular weight excluding hydrogens is 518 g/mol. The zero-order chi connectivity index (χ0) is 30.2. The van der Waals surface area contributed by atoms with E-state index in [-0.39, 0.29) is 38.1 Å². The first-order valence-corrected chi connectivity index (χ1v) is 13.1. The number of carbonyl (C=O) groups excluding carboxylic acids is 6. The number of carbonyl (C=O) groups is 6. The van der Waals surface area contributed by atoms with E-state index in [4.69, 9.17) is 4.74 Å². The average molecular weight is 560 g/mol. The molecule has 0 radical (unpaired) electrons. The summed E-state index contributed by atoms with van der Waals surface area (Å²) in [5.41, 5.74) is 1.25. The van der Waals surface area contributed by atoms with Gasteiger partial charge < -0.3 is 30.9 Å². The highest BCUT2D eigenvalue weighted by molar-refractivity contribution is 5.96. The molecule has 0 aliphatic rings. The van der Waals surface area contributed by atoms with Gasteiger partial charge in [-0.1, -0.05) is 39.8 Å². The zero-order valence-corrected chi connectivity index (χ0v) is 24.0. The minimum absolute atomic E-state index is 0.0261. The topological polar surface area (TPSA) is 163 Å². The number of aldehydes is 1. The van der Waals surface area contributed by atoms with Gasteiger partial charge in [0, 0.05) is 37.8 Å². The zero-order valence-electron chi connectivity index (χ0n) is 24.0. The van der Waals surface area contributed by atoms with Crippen molar-refractivity contribution < 1.29 is 33.5 Å². The maximum absolute atomic E-state index is 12.6. The van der Waals surface area contributed by atoms with E-state index in [0.717, 1.165) is 17.7 Å². The number of nitrogens with one attached hydrogen (secondary N) is 4. The van der Waals surface area contributed by atoms with Gasteiger partial charge >= 0.3 is 6.09 Å². The number of ether oxygens (including phenoxy) is 1. The largest absolute Gasteiger partial charge is 0.445 e. The number of hydrogen-bond acceptors (Lipinski definition) is 7. The van der Waals surface area contributed by atoms with Gasteiger partial charge in [0.2, 0.25) is 23.6 Å². The van der Waals surface area contributed by atoms with Gasteiger partial charge in [-0.2, -0.15) is 0 Å². The van der Waals surface area contributed by atoms with E-state index >= 15 is 0 Å². The van der Waals surface area contributed by atoms with Crippen LogP contribution in [-0.4, -0.2) is 73.1 Å². The molecule has 1 rings (SSSR count). The molecule has 0 saturated carbocycles. The number of nitrogens with zero attached hydrogens (tertiary/aromatic N) is 1. The Bertz CT molecular complexity index is 1050. The Morgan fingerprint density at radius 1 is 0.925 bits per heavy atom. The SMILES string of the molecule is CC(C)C(NC(=O)CCNC(=O)/C=C/C=O)C(=O)NCC(=O)Nc1ccc(COC(=O)N(C)C(C)C(C)C)cc1. The van der Waals surface area contributed by atoms with E-state index < -0.39 is 35.8 Å². The Hall–Kier alpha value is -4.22. The van der Waals surface area contributed by atoms with Crippen molar-refractivity contribution in [3.63, 3.8) is 0 Å². The summed E-state index contributed by atoms with van der Waals surface area (Å²) in [6, 6.07) is 5.92. The second-order valence-electron chi connectivity index (χ2n) is 9.94. The van der Waals surface area contributed by atoms with Gasteiger partial charge in [-0.15, -0.1) is 0 Å². The summed E-state index contributed by atoms with van der Waals surface area (Å²) in [5.74, 6) is -1.91. The van der Waals surface area contributed by atoms with Gasteiger partial charge in [0.25, 0.3) is 0 Å². The molecule has 0 spiro atoms. The molecule has 1 aromatic rings. The molecule has 0 aromatic heterocycles. The average Bonchev–Trinajstić information content (AvgIpc) is 2.91. The lowest BCUT2D eigenvalue weighted by molar-refractivity contribution is -0.130. The van der Waals surface area contributed by atoms with Crippen LogP contribution in [0.25, 0.3) is 0 Å². The molecule has 4 N–H and O–H groups in total. The first-order chi connectivity index (χ1) is 18.8. The maximum atomic E-state index is 12.6. The van der Waals surface area contributed by atoms with Crippen molar-refractivity contribution in [1.82, 2.24) is 20.9 Å². The van der Waals surface area contributed by atoms with Gasteiger partial charge in [-0.3, -0.25) is 24.0 Å². The van der Waals surface area contributed by atoms with Crippen LogP contribution >= 0.6 is 0 Å². The maximum Gasteiger partial charge on any atom is 0.410 e. The van der Waals surface area contributed by atoms with E-state index in [1.807, 2.05) is 20.8 Å². The Balaban J connectivity index is 2.50. The number of allylic oxidation sites excluding steroid dienone is 1. The number of anilines is 1. The van der Waals surface area contributed by atoms with Crippen molar-refractivity contribution in [3.05, 3.63) is 42.0 Å². The highest BCUT2D eigenvalue weighted by atomic mass is 16.6. The van der Waals surface area contributed by atoms with Gasteiger partial charge in [0.05, 0.1) is 6.54 Å². The fourth-order valence-corrected chi connectivity index (χ4v) is 3.29. The van der Waals surface area contributed by atoms with Gasteiger partial charge in [0.15, 0.2) is 0 Å². The van der Waals surface area contributed by atoms with Crippen molar-refractivity contribution in [3.8, 4) is 0 Å². The van der Waals surface area contributed by atoms with E-state index in [1.54, 1.807) is 50.1 Å². The van der Waals surface area contributed by atoms with Gasteiger partial charge in [-0.25, -0.2) is 4.79 Å². The van der Waals surface area contributed by atoms with E-state index in [0.29, 0.717) is 17.9 Å². The van der Waals surface area contributed by atoms with Crippen molar-refractivity contribution >= 4 is 41.7 Å². The standard InChI is InChI=1S/C28H41N5O7/c1-18(2)20(5)33(6)28(39)40-17-21-9-11-22(12-10-21)31-25(37)16-30-27(38)26(19(3)4)32-24(36)13-14-29-23(35)8-7-15-34/h7-12,15,18-20,26H,13-14,16-17H2,1-6H3,(H,29,35)(H,30,38)(H,31,37)(H,32,36)/b8-7+. The molecule has 1 aromatic carbocycles. The normalized spacial score (nSPS) is 12.4. The Morgan fingerprint density at radius 2 is 1.57 bits per heavy atom. The lowest BCUT2D eigenvalue weighted by Crippen LogP contribution is -2.51. The second-order valence-corrected chi connectivity index (χ2v) is 9.94. The van der Waals surface area contributed by atoms with Crippen LogP contribution in [0.1, 0.15) is 46.6 Å². The minimum atomic E-state index is -0.879. The Morgan fingerprint density at radius 3 is 2.15 bits per heavy atom. The second kappa shape index (κ2) is 17.4. The highest BCUT2D eigenvalue weighted by Crippen LogP contribution is 2.13. The Labute approximate surface area is 235 Å². The molecule has 12 heteroatoms. The quantitative estimate of drug-likeness (QED) is 0.188. The monoisotopic (exact) mass is 559 g/mol. The van der Waals surface area contributed by atoms with Crippen LogP contribution in [-0.2, 0) is 35.3 Å². The molecular formula is C28H41N5O7. The Kier molecular flexibility index (Phi) is 14.7. The first kappa shape index (κ1) is 33.8. The summed E-state index contributed by atoms with van der Waals surface area (Å²) in [6.07, 6.45) is 2.06. The van der Waals surface area contributed by atoms with Gasteiger partial charge in [-0.05, 0) is 42.5 Å². The molecule has 12 nitrogen and oxygen atoms in total. The molecule has 0 bridgehead atoms. The molecule has 40 heavy (non-hydrogen) atoms. The van der Waals surface area contributed by atoms with Crippen LogP contribution in [0.15, 0.2) is 36.4 Å². The van der Waals surface area contributed by atoms with Crippen molar-refractivity contribution in [2.24, 2.45) is 11.8 Å². The third-order valence-corrected chi connectivity index (χ3v) is 6.13. The molecule has 2 atom stereocenters. The summed E-state index contributed by atoms with van der Waals surface area (Å²) >= 11 is 0. The molecule has 0 heterocycles. The lowest BCUT2D eigenvalue weighted by atomic mass is 10.0. The molecule has 0 aliphatic carbocycles. The van der Waals surface area contributed by atoms with Crippen molar-refractivity contribution in [1.29, 1.82) is 0 Å². The molecule has 220 valence electrons. The molecule has 0 aliphatic heterocycles. The predicted octanol–water partition coefficient (Wildman–Crippen LogP) is 1.76. The number of hydrogen-bond donors (Lipinski definition) is 4. The summed E-state index contributed by atoms with van der Waals surface area (Å²) in [6.45, 7) is 9.31. The van der Waals surface area contributed by atoms with E-state index in [9.17, 15) is 28.8 Å². The van der Waals surface area contributed by atoms with Crippen molar-refractivity contribution in [2.75, 3.05) is 25.5 Å². The highest BCUT2D eigenvalue weighted by Gasteiger charge is 2.24. The fourth-order valence-electron chi connectivity index (χ4n) is 3.29. The minimum Gasteiger partial charge on any atom is -0.445 e. The number of benzene rings is 1. The molecule has 0 fully saturated rings. The summed E-state index contributed by atoms with van der Waals surface area (Å²) in [4.78, 5) is 72.6. The molecule has 5 amide bonds. The smallest absolute Gasteiger partial charge is 0.410 e. The van der Waals surface area contributed by atoms with Crippen LogP contribution in [0.2, 0.25) is 0 Å². The van der Waals surface area contributed by atoms with E-state index in [2.05, 4.69) is 21.3 Å². The summed E-state index contributed by atoms with van der Waals surface area (Å²) in [7, 11) is 1.70. The van der Waals surface area contributed by atoms with E-state index in [1.165, 1.54) is 0 Å². The van der Waals surface area contributed by atoms with Crippen LogP contribution in [0.3, 0.4) is 0 Å². The first-order valence-electron chi connectivity index (χ1n) is 13.1. The van der Waals surface area contributed by atoms with Crippen molar-refractivity contribution in [2.45, 2.75) is 59.7 Å². The van der Waals surface area contributed by atoms with Crippen LogP contribution < -0.4 is 21.3 Å². The third-order valence-electron chi connectivity index (χ3n) is 6.13. The fraction of sp³-hybridized carbons (Fsp3) is 0.500. The molecule has 2 unspecified atom stereocenters. The van der Waals surface area contributed by atoms with Crippen LogP contribution in [0.4, 0.5) is 10.5 Å². The summed E-state index contributed by atoms with van der Waals surface area (Å²) in [5, 5.41) is 10.2. The number of rotatable bonds is 15. The summed E-state index contributed by atoms with van der Waals surface area (Å²) < 4.78 is 5.35. The lowest BCUT2D eigenvalue weighted by Gasteiger charge is -2.27. The predicted molar refractivity (Wildman–Crippen MR) is 150 cm³/mol.